The van der Waals surface area contributed by atoms with E-state index in [1.54, 1.807) is 28.8 Å². The molecule has 136 valence electrons. The highest BCUT2D eigenvalue weighted by Crippen LogP contribution is 2.20. The molecule has 4 aromatic rings. The van der Waals surface area contributed by atoms with Crippen LogP contribution in [0.1, 0.15) is 17.9 Å². The SMILES string of the molecule is Cc1cccc(-n2nnnc2SCCCc2nc(-c3ccncc3)no2)c1. The fourth-order valence-corrected chi connectivity index (χ4v) is 3.38. The molecule has 0 radical (unpaired) electrons. The number of nitrogens with zero attached hydrogens (tertiary/aromatic N) is 7. The van der Waals surface area contributed by atoms with Gasteiger partial charge in [-0.2, -0.15) is 9.67 Å². The summed E-state index contributed by atoms with van der Waals surface area (Å²) in [4.78, 5) is 8.42. The molecule has 3 aromatic heterocycles. The molecule has 0 amide bonds. The van der Waals surface area contributed by atoms with Gasteiger partial charge in [0.2, 0.25) is 16.9 Å². The zero-order valence-electron chi connectivity index (χ0n) is 14.7. The van der Waals surface area contributed by atoms with Crippen molar-refractivity contribution in [1.29, 1.82) is 0 Å². The summed E-state index contributed by atoms with van der Waals surface area (Å²) < 4.78 is 7.08. The minimum absolute atomic E-state index is 0.587. The van der Waals surface area contributed by atoms with E-state index < -0.39 is 0 Å². The first-order chi connectivity index (χ1) is 13.3. The topological polar surface area (TPSA) is 95.4 Å². The average Bonchev–Trinajstić information content (AvgIpc) is 3.36. The standard InChI is InChI=1S/C18H17N7OS/c1-13-4-2-5-15(12-13)25-18(21-23-24-25)27-11-3-6-16-20-17(22-26-16)14-7-9-19-10-8-14/h2,4-5,7-10,12H,3,6,11H2,1H3. The van der Waals surface area contributed by atoms with Gasteiger partial charge in [0.1, 0.15) is 0 Å². The van der Waals surface area contributed by atoms with Gasteiger partial charge in [0.05, 0.1) is 5.69 Å². The molecule has 9 heteroatoms. The summed E-state index contributed by atoms with van der Waals surface area (Å²) in [6.45, 7) is 2.05. The van der Waals surface area contributed by atoms with Crippen molar-refractivity contribution in [2.75, 3.05) is 5.75 Å². The molecule has 0 spiro atoms. The Labute approximate surface area is 160 Å². The zero-order chi connectivity index (χ0) is 18.5. The summed E-state index contributed by atoms with van der Waals surface area (Å²) in [6, 6.07) is 11.8. The fraction of sp³-hybridized carbons (Fsp3) is 0.222. The number of aromatic nitrogens is 7. The number of benzene rings is 1. The lowest BCUT2D eigenvalue weighted by molar-refractivity contribution is 0.378. The van der Waals surface area contributed by atoms with Crippen LogP contribution in [0.25, 0.3) is 17.1 Å². The predicted molar refractivity (Wildman–Crippen MR) is 100 cm³/mol. The first-order valence-corrected chi connectivity index (χ1v) is 9.49. The Bertz CT molecular complexity index is 1020. The summed E-state index contributed by atoms with van der Waals surface area (Å²) in [5.74, 6) is 2.06. The second kappa shape index (κ2) is 8.09. The molecule has 0 aliphatic rings. The van der Waals surface area contributed by atoms with E-state index >= 15 is 0 Å². The fourth-order valence-electron chi connectivity index (χ4n) is 2.55. The van der Waals surface area contributed by atoms with Gasteiger partial charge in [0.15, 0.2) is 0 Å². The Balaban J connectivity index is 1.33. The van der Waals surface area contributed by atoms with Crippen LogP contribution in [0.4, 0.5) is 0 Å². The first-order valence-electron chi connectivity index (χ1n) is 8.51. The molecule has 0 saturated heterocycles. The lowest BCUT2D eigenvalue weighted by Gasteiger charge is -2.04. The number of aryl methyl sites for hydroxylation is 2. The van der Waals surface area contributed by atoms with Crippen LogP contribution < -0.4 is 0 Å². The molecule has 27 heavy (non-hydrogen) atoms. The molecule has 0 saturated carbocycles. The smallest absolute Gasteiger partial charge is 0.226 e. The van der Waals surface area contributed by atoms with Gasteiger partial charge in [-0.15, -0.1) is 5.10 Å². The molecule has 3 heterocycles. The van der Waals surface area contributed by atoms with Crippen molar-refractivity contribution in [1.82, 2.24) is 35.3 Å². The third-order valence-corrected chi connectivity index (χ3v) is 4.87. The van der Waals surface area contributed by atoms with Crippen molar-refractivity contribution in [3.63, 3.8) is 0 Å². The van der Waals surface area contributed by atoms with E-state index in [-0.39, 0.29) is 0 Å². The van der Waals surface area contributed by atoms with Gasteiger partial charge in [-0.25, -0.2) is 0 Å². The third-order valence-electron chi connectivity index (χ3n) is 3.86. The largest absolute Gasteiger partial charge is 0.339 e. The lowest BCUT2D eigenvalue weighted by Crippen LogP contribution is -2.00. The highest BCUT2D eigenvalue weighted by atomic mass is 32.2. The van der Waals surface area contributed by atoms with Crippen LogP contribution in [0.3, 0.4) is 0 Å². The van der Waals surface area contributed by atoms with Crippen LogP contribution in [0, 0.1) is 6.92 Å². The quantitative estimate of drug-likeness (QED) is 0.357. The Hall–Kier alpha value is -3.07. The van der Waals surface area contributed by atoms with E-state index in [2.05, 4.69) is 36.7 Å². The molecule has 0 unspecified atom stereocenters. The first kappa shape index (κ1) is 17.3. The molecule has 0 bridgehead atoms. The molecule has 1 aromatic carbocycles. The summed E-state index contributed by atoms with van der Waals surface area (Å²) in [6.07, 6.45) is 5.00. The molecule has 0 N–H and O–H groups in total. The maximum atomic E-state index is 5.33. The minimum Gasteiger partial charge on any atom is -0.339 e. The predicted octanol–water partition coefficient (Wildman–Crippen LogP) is 3.14. The van der Waals surface area contributed by atoms with Gasteiger partial charge in [-0.1, -0.05) is 29.1 Å². The second-order valence-electron chi connectivity index (χ2n) is 5.91. The van der Waals surface area contributed by atoms with E-state index in [1.165, 1.54) is 5.56 Å². The monoisotopic (exact) mass is 379 g/mol. The highest BCUT2D eigenvalue weighted by molar-refractivity contribution is 7.99. The number of hydrogen-bond donors (Lipinski definition) is 0. The van der Waals surface area contributed by atoms with Gasteiger partial charge in [-0.3, -0.25) is 4.98 Å². The van der Waals surface area contributed by atoms with Crippen LogP contribution in [0.2, 0.25) is 0 Å². The molecule has 8 nitrogen and oxygen atoms in total. The number of pyridine rings is 1. The molecule has 0 fully saturated rings. The van der Waals surface area contributed by atoms with E-state index in [4.69, 9.17) is 4.52 Å². The summed E-state index contributed by atoms with van der Waals surface area (Å²) in [5.41, 5.74) is 3.02. The van der Waals surface area contributed by atoms with E-state index in [0.717, 1.165) is 28.6 Å². The Morgan fingerprint density at radius 3 is 2.89 bits per heavy atom. The number of tetrazole rings is 1. The Kier molecular flexibility index (Phi) is 5.20. The zero-order valence-corrected chi connectivity index (χ0v) is 15.5. The Morgan fingerprint density at radius 2 is 2.04 bits per heavy atom. The number of rotatable bonds is 7. The van der Waals surface area contributed by atoms with Gasteiger partial charge in [0.25, 0.3) is 0 Å². The van der Waals surface area contributed by atoms with Crippen molar-refractivity contribution in [3.05, 3.63) is 60.2 Å². The average molecular weight is 379 g/mol. The van der Waals surface area contributed by atoms with E-state index in [1.807, 2.05) is 37.3 Å². The number of hydrogen-bond acceptors (Lipinski definition) is 8. The van der Waals surface area contributed by atoms with E-state index in [0.29, 0.717) is 18.1 Å². The summed E-state index contributed by atoms with van der Waals surface area (Å²) in [7, 11) is 0. The maximum absolute atomic E-state index is 5.33. The van der Waals surface area contributed by atoms with Gasteiger partial charge < -0.3 is 4.52 Å². The van der Waals surface area contributed by atoms with Crippen molar-refractivity contribution >= 4 is 11.8 Å². The summed E-state index contributed by atoms with van der Waals surface area (Å²) >= 11 is 1.61. The summed E-state index contributed by atoms with van der Waals surface area (Å²) in [5, 5.41) is 16.8. The highest BCUT2D eigenvalue weighted by Gasteiger charge is 2.11. The van der Waals surface area contributed by atoms with Gasteiger partial charge >= 0.3 is 0 Å². The van der Waals surface area contributed by atoms with Crippen molar-refractivity contribution in [2.24, 2.45) is 0 Å². The van der Waals surface area contributed by atoms with Crippen LogP contribution in [-0.2, 0) is 6.42 Å². The third kappa shape index (κ3) is 4.20. The molecule has 0 aliphatic carbocycles. The molecule has 4 rings (SSSR count). The van der Waals surface area contributed by atoms with Crippen LogP contribution in [0.15, 0.2) is 58.5 Å². The van der Waals surface area contributed by atoms with Crippen LogP contribution in [-0.4, -0.2) is 41.1 Å². The Morgan fingerprint density at radius 1 is 1.15 bits per heavy atom. The normalized spacial score (nSPS) is 11.0. The molecular weight excluding hydrogens is 362 g/mol. The van der Waals surface area contributed by atoms with Gasteiger partial charge in [0, 0.05) is 30.1 Å². The van der Waals surface area contributed by atoms with Crippen molar-refractivity contribution in [2.45, 2.75) is 24.9 Å². The van der Waals surface area contributed by atoms with Crippen molar-refractivity contribution in [3.8, 4) is 17.1 Å². The van der Waals surface area contributed by atoms with Crippen LogP contribution >= 0.6 is 11.8 Å². The molecular formula is C18H17N7OS. The molecule has 0 atom stereocenters. The van der Waals surface area contributed by atoms with Gasteiger partial charge in [-0.05, 0) is 53.6 Å². The second-order valence-corrected chi connectivity index (χ2v) is 6.97. The number of thioether (sulfide) groups is 1. The maximum Gasteiger partial charge on any atom is 0.226 e. The van der Waals surface area contributed by atoms with Crippen LogP contribution in [0.5, 0.6) is 0 Å². The van der Waals surface area contributed by atoms with E-state index in [9.17, 15) is 0 Å². The van der Waals surface area contributed by atoms with Crippen molar-refractivity contribution < 1.29 is 4.52 Å². The molecule has 0 aliphatic heterocycles. The minimum atomic E-state index is 0.587. The lowest BCUT2D eigenvalue weighted by atomic mass is 10.2.